The van der Waals surface area contributed by atoms with Gasteiger partial charge in [0.05, 0.1) is 0 Å². The summed E-state index contributed by atoms with van der Waals surface area (Å²) in [4.78, 5) is 26.5. The second-order valence-electron chi connectivity index (χ2n) is 11.8. The van der Waals surface area contributed by atoms with E-state index < -0.39 is 50.6 Å². The predicted molar refractivity (Wildman–Crippen MR) is 110 cm³/mol. The van der Waals surface area contributed by atoms with Gasteiger partial charge in [-0.05, 0) is 53.9 Å². The summed E-state index contributed by atoms with van der Waals surface area (Å²) < 4.78 is 11.2. The summed E-state index contributed by atoms with van der Waals surface area (Å²) in [6.45, 7) is 23.7. The number of hydrogen-bond donors (Lipinski definition) is 2. The number of carbonyl (C=O) groups excluding carboxylic acids is 2. The number of aliphatic hydroxyl groups is 1. The summed E-state index contributed by atoms with van der Waals surface area (Å²) >= 11 is 0. The second kappa shape index (κ2) is 6.35. The summed E-state index contributed by atoms with van der Waals surface area (Å²) in [5, 5.41) is 14.6. The van der Waals surface area contributed by atoms with Crippen LogP contribution < -0.4 is 5.32 Å². The predicted octanol–water partition coefficient (Wildman–Crippen LogP) is 4.43. The molecule has 0 aliphatic heterocycles. The van der Waals surface area contributed by atoms with Crippen molar-refractivity contribution in [1.29, 1.82) is 0 Å². The van der Waals surface area contributed by atoms with Crippen LogP contribution in [0.25, 0.3) is 0 Å². The first-order chi connectivity index (χ1) is 12.0. The van der Waals surface area contributed by atoms with Crippen LogP contribution >= 0.6 is 0 Å². The van der Waals surface area contributed by atoms with Gasteiger partial charge in [-0.25, -0.2) is 9.59 Å². The second-order valence-corrected chi connectivity index (χ2v) is 11.8. The van der Waals surface area contributed by atoms with Gasteiger partial charge in [-0.15, -0.1) is 0 Å². The Hall–Kier alpha value is -1.30. The lowest BCUT2D eigenvalue weighted by Gasteiger charge is -2.49. The van der Waals surface area contributed by atoms with Crippen molar-refractivity contribution in [3.8, 4) is 0 Å². The quantitative estimate of drug-likeness (QED) is 0.671. The normalized spacial score (nSPS) is 31.2. The van der Waals surface area contributed by atoms with E-state index >= 15 is 0 Å². The van der Waals surface area contributed by atoms with Gasteiger partial charge in [-0.1, -0.05) is 41.5 Å². The molecule has 2 N–H and O–H groups in total. The average Bonchev–Trinajstić information content (AvgIpc) is 2.43. The Kier molecular flexibility index (Phi) is 5.61. The maximum atomic E-state index is 13.6. The molecule has 164 valence electrons. The van der Waals surface area contributed by atoms with Crippen LogP contribution in [0.2, 0.25) is 0 Å². The summed E-state index contributed by atoms with van der Waals surface area (Å²) in [6, 6.07) is 0. The van der Waals surface area contributed by atoms with Gasteiger partial charge >= 0.3 is 12.1 Å². The van der Waals surface area contributed by atoms with Gasteiger partial charge < -0.3 is 19.9 Å². The van der Waals surface area contributed by atoms with Gasteiger partial charge in [0.25, 0.3) is 0 Å². The number of alkyl carbamates (subject to hydrolysis) is 1. The van der Waals surface area contributed by atoms with Crippen molar-refractivity contribution in [3.05, 3.63) is 0 Å². The summed E-state index contributed by atoms with van der Waals surface area (Å²) in [5.74, 6) is -0.667. The topological polar surface area (TPSA) is 84.9 Å². The molecular formula is C22H41NO5. The van der Waals surface area contributed by atoms with Crippen LogP contribution in [0.1, 0.15) is 90.0 Å². The van der Waals surface area contributed by atoms with E-state index in [2.05, 4.69) is 5.32 Å². The zero-order valence-electron chi connectivity index (χ0n) is 20.1. The van der Waals surface area contributed by atoms with Crippen molar-refractivity contribution in [2.24, 2.45) is 16.2 Å². The number of ether oxygens (including phenoxy) is 2. The van der Waals surface area contributed by atoms with Gasteiger partial charge in [0, 0.05) is 10.8 Å². The van der Waals surface area contributed by atoms with Crippen molar-refractivity contribution in [3.63, 3.8) is 0 Å². The third kappa shape index (κ3) is 3.31. The molecular weight excluding hydrogens is 358 g/mol. The third-order valence-corrected chi connectivity index (χ3v) is 7.40. The van der Waals surface area contributed by atoms with E-state index in [0.29, 0.717) is 0 Å². The molecule has 0 aromatic heterocycles. The molecule has 0 heterocycles. The number of amides is 1. The van der Waals surface area contributed by atoms with Crippen molar-refractivity contribution < 1.29 is 24.2 Å². The van der Waals surface area contributed by atoms with Crippen molar-refractivity contribution in [2.45, 2.75) is 112 Å². The highest BCUT2D eigenvalue weighted by molar-refractivity contribution is 5.90. The minimum Gasteiger partial charge on any atom is -0.458 e. The Bertz CT molecular complexity index is 619. The Morgan fingerprint density at radius 2 is 1.11 bits per heavy atom. The number of rotatable bonds is 2. The lowest BCUT2D eigenvalue weighted by atomic mass is 9.58. The van der Waals surface area contributed by atoms with Crippen molar-refractivity contribution in [2.75, 3.05) is 0 Å². The Labute approximate surface area is 170 Å². The Morgan fingerprint density at radius 3 is 1.39 bits per heavy atom. The molecule has 6 heteroatoms. The molecule has 1 aliphatic rings. The molecule has 0 aromatic rings. The monoisotopic (exact) mass is 399 g/mol. The van der Waals surface area contributed by atoms with E-state index in [0.717, 1.165) is 0 Å². The first kappa shape index (κ1) is 24.7. The minimum absolute atomic E-state index is 0.546. The van der Waals surface area contributed by atoms with Gasteiger partial charge in [-0.2, -0.15) is 0 Å². The minimum atomic E-state index is -1.72. The zero-order chi connectivity index (χ0) is 22.8. The van der Waals surface area contributed by atoms with Crippen LogP contribution in [0.15, 0.2) is 0 Å². The number of nitrogens with one attached hydrogen (secondary N) is 1. The lowest BCUT2D eigenvalue weighted by Crippen LogP contribution is -2.73. The maximum absolute atomic E-state index is 13.6. The van der Waals surface area contributed by atoms with Crippen LogP contribution in [0, 0.1) is 16.2 Å². The molecule has 0 bridgehead atoms. The number of esters is 1. The van der Waals surface area contributed by atoms with Crippen molar-refractivity contribution >= 4 is 12.1 Å². The summed E-state index contributed by atoms with van der Waals surface area (Å²) in [6.07, 6.45) is -0.764. The zero-order valence-corrected chi connectivity index (χ0v) is 20.1. The van der Waals surface area contributed by atoms with Gasteiger partial charge in [0.15, 0.2) is 5.54 Å². The molecule has 0 spiro atoms. The summed E-state index contributed by atoms with van der Waals surface area (Å²) in [5.41, 5.74) is -7.03. The molecule has 0 unspecified atom stereocenters. The standard InChI is InChI=1S/C22H41NO5/c1-16(2,3)27-14(24)22(23-15(25)28-17(4,5)6)20(11,12)18(7,8)19(9,10)21(22,13)26/h26H,1-13H3,(H,23,25)/t21-,22-/m0/s1. The lowest BCUT2D eigenvalue weighted by molar-refractivity contribution is -0.184. The largest absolute Gasteiger partial charge is 0.458 e. The maximum Gasteiger partial charge on any atom is 0.408 e. The van der Waals surface area contributed by atoms with E-state index in [-0.39, 0.29) is 0 Å². The molecule has 2 atom stereocenters. The molecule has 0 aromatic carbocycles. The molecule has 6 nitrogen and oxygen atoms in total. The molecule has 28 heavy (non-hydrogen) atoms. The number of carbonyl (C=O) groups is 2. The average molecular weight is 400 g/mol. The highest BCUT2D eigenvalue weighted by Gasteiger charge is 2.81. The Morgan fingerprint density at radius 1 is 0.714 bits per heavy atom. The Balaban J connectivity index is 3.76. The van der Waals surface area contributed by atoms with E-state index in [9.17, 15) is 14.7 Å². The highest BCUT2D eigenvalue weighted by Crippen LogP contribution is 2.71. The van der Waals surface area contributed by atoms with Gasteiger partial charge in [0.2, 0.25) is 0 Å². The van der Waals surface area contributed by atoms with E-state index in [1.165, 1.54) is 0 Å². The van der Waals surface area contributed by atoms with Crippen LogP contribution in [0.5, 0.6) is 0 Å². The molecule has 1 aliphatic carbocycles. The molecule has 1 amide bonds. The van der Waals surface area contributed by atoms with E-state index in [1.807, 2.05) is 41.5 Å². The van der Waals surface area contributed by atoms with Crippen molar-refractivity contribution in [1.82, 2.24) is 5.32 Å². The van der Waals surface area contributed by atoms with E-state index in [1.54, 1.807) is 48.5 Å². The van der Waals surface area contributed by atoms with Crippen LogP contribution in [-0.2, 0) is 14.3 Å². The van der Waals surface area contributed by atoms with Crippen LogP contribution in [0.3, 0.4) is 0 Å². The molecule has 1 rings (SSSR count). The third-order valence-electron chi connectivity index (χ3n) is 7.40. The molecule has 0 radical (unpaired) electrons. The van der Waals surface area contributed by atoms with Crippen LogP contribution in [-0.4, -0.2) is 39.5 Å². The van der Waals surface area contributed by atoms with E-state index in [4.69, 9.17) is 9.47 Å². The SMILES string of the molecule is CC(C)(C)OC(=O)N[C@@]1(C(=O)OC(C)(C)C)C(C)(C)C(C)(C)C(C)(C)[C@]1(C)O. The van der Waals surface area contributed by atoms with Gasteiger partial charge in [0.1, 0.15) is 16.8 Å². The van der Waals surface area contributed by atoms with Gasteiger partial charge in [-0.3, -0.25) is 0 Å². The molecule has 1 saturated carbocycles. The molecule has 0 saturated heterocycles. The fraction of sp³-hybridized carbons (Fsp3) is 0.909. The van der Waals surface area contributed by atoms with Crippen LogP contribution in [0.4, 0.5) is 4.79 Å². The molecule has 1 fully saturated rings. The highest BCUT2D eigenvalue weighted by atomic mass is 16.6. The fourth-order valence-corrected chi connectivity index (χ4v) is 4.53. The first-order valence-corrected chi connectivity index (χ1v) is 9.95. The summed E-state index contributed by atoms with van der Waals surface area (Å²) in [7, 11) is 0. The fourth-order valence-electron chi connectivity index (χ4n) is 4.53. The number of hydrogen-bond acceptors (Lipinski definition) is 5. The smallest absolute Gasteiger partial charge is 0.408 e. The first-order valence-electron chi connectivity index (χ1n) is 9.95.